The molecule has 1 N–H and O–H groups in total. The first-order chi connectivity index (χ1) is 16.0. The highest BCUT2D eigenvalue weighted by atomic mass is 32.2. The lowest BCUT2D eigenvalue weighted by molar-refractivity contribution is -0.139. The molecule has 0 heterocycles. The number of amides is 2. The predicted octanol–water partition coefficient (Wildman–Crippen LogP) is 3.54. The highest BCUT2D eigenvalue weighted by Gasteiger charge is 2.31. The fraction of sp³-hybridized carbons (Fsp3) is 0.440. The Balaban J connectivity index is 2.41. The molecule has 0 saturated heterocycles. The van der Waals surface area contributed by atoms with Gasteiger partial charge in [0.25, 0.3) is 0 Å². The molecule has 0 saturated carbocycles. The van der Waals surface area contributed by atoms with Gasteiger partial charge in [-0.1, -0.05) is 43.7 Å². The van der Waals surface area contributed by atoms with Gasteiger partial charge in [0, 0.05) is 18.7 Å². The van der Waals surface area contributed by atoms with Gasteiger partial charge in [0.2, 0.25) is 21.8 Å². The molecule has 0 spiro atoms. The fourth-order valence-corrected chi connectivity index (χ4v) is 4.43. The number of rotatable bonds is 11. The normalized spacial score (nSPS) is 12.2. The number of carbonyl (C=O) groups is 2. The second-order valence-electron chi connectivity index (χ2n) is 8.42. The Kier molecular flexibility index (Phi) is 9.61. The SMILES string of the molecule is CCCCNC(=O)C(C)N(Cc1ccccc1F)C(=O)CN(c1cccc(C)c1C)S(C)(=O)=O. The number of aryl methyl sites for hydroxylation is 1. The van der Waals surface area contributed by atoms with Gasteiger partial charge < -0.3 is 10.2 Å². The first kappa shape index (κ1) is 27.3. The number of halogens is 1. The zero-order valence-corrected chi connectivity index (χ0v) is 21.3. The Bertz CT molecular complexity index is 1120. The van der Waals surface area contributed by atoms with Crippen molar-refractivity contribution in [2.75, 3.05) is 23.7 Å². The molecule has 186 valence electrons. The monoisotopic (exact) mass is 491 g/mol. The predicted molar refractivity (Wildman–Crippen MR) is 132 cm³/mol. The zero-order valence-electron chi connectivity index (χ0n) is 20.5. The number of hydrogen-bond donors (Lipinski definition) is 1. The van der Waals surface area contributed by atoms with E-state index in [1.54, 1.807) is 32.0 Å². The summed E-state index contributed by atoms with van der Waals surface area (Å²) in [6, 6.07) is 10.3. The molecule has 0 aliphatic rings. The van der Waals surface area contributed by atoms with Gasteiger partial charge in [-0.25, -0.2) is 12.8 Å². The molecule has 1 atom stereocenters. The molecule has 2 rings (SSSR count). The maximum atomic E-state index is 14.4. The Morgan fingerprint density at radius 1 is 1.09 bits per heavy atom. The molecule has 2 amide bonds. The Hall–Kier alpha value is -2.94. The molecular weight excluding hydrogens is 457 g/mol. The van der Waals surface area contributed by atoms with Crippen LogP contribution in [0.5, 0.6) is 0 Å². The summed E-state index contributed by atoms with van der Waals surface area (Å²) >= 11 is 0. The van der Waals surface area contributed by atoms with Gasteiger partial charge in [0.1, 0.15) is 18.4 Å². The largest absolute Gasteiger partial charge is 0.354 e. The molecule has 2 aromatic carbocycles. The number of sulfonamides is 1. The molecule has 7 nitrogen and oxygen atoms in total. The van der Waals surface area contributed by atoms with Gasteiger partial charge in [-0.15, -0.1) is 0 Å². The molecule has 0 radical (unpaired) electrons. The fourth-order valence-electron chi connectivity index (χ4n) is 3.53. The van der Waals surface area contributed by atoms with Crippen LogP contribution in [0.3, 0.4) is 0 Å². The molecule has 0 fully saturated rings. The maximum absolute atomic E-state index is 14.4. The van der Waals surface area contributed by atoms with Crippen molar-refractivity contribution in [3.63, 3.8) is 0 Å². The summed E-state index contributed by atoms with van der Waals surface area (Å²) in [6.45, 7) is 6.98. The van der Waals surface area contributed by atoms with E-state index in [9.17, 15) is 22.4 Å². The van der Waals surface area contributed by atoms with E-state index in [0.29, 0.717) is 12.2 Å². The number of hydrogen-bond acceptors (Lipinski definition) is 4. The van der Waals surface area contributed by atoms with Crippen molar-refractivity contribution in [3.05, 3.63) is 65.0 Å². The molecule has 0 bridgehead atoms. The van der Waals surface area contributed by atoms with Crippen LogP contribution in [-0.2, 0) is 26.2 Å². The number of benzene rings is 2. The first-order valence-corrected chi connectivity index (χ1v) is 13.2. The number of nitrogens with zero attached hydrogens (tertiary/aromatic N) is 2. The summed E-state index contributed by atoms with van der Waals surface area (Å²) in [6.07, 6.45) is 2.71. The molecule has 0 aliphatic heterocycles. The summed E-state index contributed by atoms with van der Waals surface area (Å²) in [5, 5.41) is 2.79. The highest BCUT2D eigenvalue weighted by molar-refractivity contribution is 7.92. The lowest BCUT2D eigenvalue weighted by Gasteiger charge is -2.32. The van der Waals surface area contributed by atoms with Crippen molar-refractivity contribution in [2.45, 2.75) is 53.1 Å². The molecular formula is C25H34FN3O4S. The minimum Gasteiger partial charge on any atom is -0.354 e. The third-order valence-electron chi connectivity index (χ3n) is 5.82. The highest BCUT2D eigenvalue weighted by Crippen LogP contribution is 2.25. The summed E-state index contributed by atoms with van der Waals surface area (Å²) < 4.78 is 40.8. The average Bonchev–Trinajstić information content (AvgIpc) is 2.77. The lowest BCUT2D eigenvalue weighted by atomic mass is 10.1. The van der Waals surface area contributed by atoms with Crippen molar-refractivity contribution in [1.82, 2.24) is 10.2 Å². The van der Waals surface area contributed by atoms with E-state index in [2.05, 4.69) is 5.32 Å². The standard InChI is InChI=1S/C25H34FN3O4S/c1-6-7-15-27-25(31)20(4)28(16-21-12-8-9-13-22(21)26)24(30)17-29(34(5,32)33)23-14-10-11-18(2)19(23)3/h8-14,20H,6-7,15-17H2,1-5H3,(H,27,31). The molecule has 0 aliphatic carbocycles. The van der Waals surface area contributed by atoms with Crippen molar-refractivity contribution in [1.29, 1.82) is 0 Å². The Labute approximate surface area is 202 Å². The van der Waals surface area contributed by atoms with E-state index < -0.39 is 34.3 Å². The summed E-state index contributed by atoms with van der Waals surface area (Å²) in [5.41, 5.74) is 2.24. The van der Waals surface area contributed by atoms with E-state index in [1.807, 2.05) is 19.9 Å². The Morgan fingerprint density at radius 2 is 1.76 bits per heavy atom. The van der Waals surface area contributed by atoms with Crippen molar-refractivity contribution < 1.29 is 22.4 Å². The molecule has 2 aromatic rings. The molecule has 1 unspecified atom stereocenters. The second kappa shape index (κ2) is 12.0. The average molecular weight is 492 g/mol. The number of carbonyl (C=O) groups excluding carboxylic acids is 2. The summed E-state index contributed by atoms with van der Waals surface area (Å²) in [7, 11) is -3.82. The minimum absolute atomic E-state index is 0.168. The lowest BCUT2D eigenvalue weighted by Crippen LogP contribution is -2.51. The first-order valence-electron chi connectivity index (χ1n) is 11.3. The van der Waals surface area contributed by atoms with E-state index >= 15 is 0 Å². The van der Waals surface area contributed by atoms with E-state index in [1.165, 1.54) is 23.1 Å². The van der Waals surface area contributed by atoms with Crippen LogP contribution in [0.1, 0.15) is 43.4 Å². The Morgan fingerprint density at radius 3 is 2.38 bits per heavy atom. The summed E-state index contributed by atoms with van der Waals surface area (Å²) in [4.78, 5) is 27.5. The molecule has 0 aromatic heterocycles. The molecule has 34 heavy (non-hydrogen) atoms. The van der Waals surface area contributed by atoms with Crippen LogP contribution in [0.15, 0.2) is 42.5 Å². The second-order valence-corrected chi connectivity index (χ2v) is 10.3. The number of unbranched alkanes of at least 4 members (excludes halogenated alkanes) is 1. The number of anilines is 1. The van der Waals surface area contributed by atoms with Crippen LogP contribution in [0.2, 0.25) is 0 Å². The van der Waals surface area contributed by atoms with Gasteiger partial charge in [-0.2, -0.15) is 0 Å². The smallest absolute Gasteiger partial charge is 0.244 e. The number of nitrogens with one attached hydrogen (secondary N) is 1. The van der Waals surface area contributed by atoms with Gasteiger partial charge in [-0.3, -0.25) is 13.9 Å². The van der Waals surface area contributed by atoms with Crippen molar-refractivity contribution >= 4 is 27.5 Å². The van der Waals surface area contributed by atoms with E-state index in [-0.39, 0.29) is 18.0 Å². The van der Waals surface area contributed by atoms with Crippen LogP contribution < -0.4 is 9.62 Å². The topological polar surface area (TPSA) is 86.8 Å². The van der Waals surface area contributed by atoms with Gasteiger partial charge in [0.05, 0.1) is 11.9 Å². The van der Waals surface area contributed by atoms with Gasteiger partial charge in [0.15, 0.2) is 0 Å². The van der Waals surface area contributed by atoms with Crippen LogP contribution in [0, 0.1) is 19.7 Å². The maximum Gasteiger partial charge on any atom is 0.244 e. The quantitative estimate of drug-likeness (QED) is 0.487. The van der Waals surface area contributed by atoms with Crippen molar-refractivity contribution in [3.8, 4) is 0 Å². The van der Waals surface area contributed by atoms with E-state index in [4.69, 9.17) is 0 Å². The van der Waals surface area contributed by atoms with Crippen LogP contribution in [-0.4, -0.2) is 50.5 Å². The van der Waals surface area contributed by atoms with Crippen LogP contribution in [0.25, 0.3) is 0 Å². The third kappa shape index (κ3) is 7.03. The summed E-state index contributed by atoms with van der Waals surface area (Å²) in [5.74, 6) is -1.49. The van der Waals surface area contributed by atoms with Gasteiger partial charge >= 0.3 is 0 Å². The van der Waals surface area contributed by atoms with Crippen molar-refractivity contribution in [2.24, 2.45) is 0 Å². The molecule has 9 heteroatoms. The minimum atomic E-state index is -3.82. The van der Waals surface area contributed by atoms with Crippen LogP contribution >= 0.6 is 0 Å². The van der Waals surface area contributed by atoms with Crippen LogP contribution in [0.4, 0.5) is 10.1 Å². The van der Waals surface area contributed by atoms with E-state index in [0.717, 1.165) is 34.5 Å². The zero-order chi connectivity index (χ0) is 25.5. The van der Waals surface area contributed by atoms with Gasteiger partial charge in [-0.05, 0) is 50.5 Å². The third-order valence-corrected chi connectivity index (χ3v) is 6.95.